The highest BCUT2D eigenvalue weighted by Crippen LogP contribution is 2.23. The largest absolute Gasteiger partial charge is 0.370 e. The van der Waals surface area contributed by atoms with E-state index >= 15 is 0 Å². The van der Waals surface area contributed by atoms with E-state index in [1.807, 2.05) is 36.2 Å². The fraction of sp³-hybridized carbons (Fsp3) is 0.267. The zero-order valence-corrected chi connectivity index (χ0v) is 11.7. The van der Waals surface area contributed by atoms with Gasteiger partial charge in [0.1, 0.15) is 18.0 Å². The summed E-state index contributed by atoms with van der Waals surface area (Å²) < 4.78 is 0. The average Bonchev–Trinajstić information content (AvgIpc) is 2.52. The van der Waals surface area contributed by atoms with Crippen molar-refractivity contribution >= 4 is 17.3 Å². The summed E-state index contributed by atoms with van der Waals surface area (Å²) in [4.78, 5) is 10.4. The maximum absolute atomic E-state index is 8.95. The second-order valence-corrected chi connectivity index (χ2v) is 4.41. The monoisotopic (exact) mass is 267 g/mol. The van der Waals surface area contributed by atoms with Crippen molar-refractivity contribution in [3.05, 3.63) is 42.2 Å². The molecule has 0 aliphatic carbocycles. The molecular formula is C15H17N5. The van der Waals surface area contributed by atoms with Crippen LogP contribution in [0.25, 0.3) is 0 Å². The molecule has 1 N–H and O–H groups in total. The number of hydrogen-bond donors (Lipinski definition) is 1. The van der Waals surface area contributed by atoms with Crippen molar-refractivity contribution in [2.75, 3.05) is 23.8 Å². The Labute approximate surface area is 118 Å². The predicted octanol–water partition coefficient (Wildman–Crippen LogP) is 2.94. The third kappa shape index (κ3) is 3.23. The predicted molar refractivity (Wildman–Crippen MR) is 80.0 cm³/mol. The summed E-state index contributed by atoms with van der Waals surface area (Å²) in [5, 5.41) is 12.2. The van der Waals surface area contributed by atoms with Crippen molar-refractivity contribution in [3.8, 4) is 6.07 Å². The zero-order valence-electron chi connectivity index (χ0n) is 11.7. The zero-order chi connectivity index (χ0) is 14.4. The van der Waals surface area contributed by atoms with Gasteiger partial charge in [-0.1, -0.05) is 13.0 Å². The van der Waals surface area contributed by atoms with E-state index < -0.39 is 0 Å². The van der Waals surface area contributed by atoms with E-state index in [-0.39, 0.29) is 0 Å². The number of hydrogen-bond acceptors (Lipinski definition) is 5. The molecule has 0 amide bonds. The number of nitriles is 1. The van der Waals surface area contributed by atoms with Gasteiger partial charge < -0.3 is 10.2 Å². The van der Waals surface area contributed by atoms with Crippen LogP contribution in [0.15, 0.2) is 36.7 Å². The van der Waals surface area contributed by atoms with Crippen LogP contribution in [0.4, 0.5) is 17.3 Å². The topological polar surface area (TPSA) is 64.8 Å². The minimum Gasteiger partial charge on any atom is -0.370 e. The van der Waals surface area contributed by atoms with Crippen molar-refractivity contribution < 1.29 is 0 Å². The molecule has 5 nitrogen and oxygen atoms in total. The standard InChI is InChI=1S/C15H17N5/c1-3-7-17-14-9-15(19-11-18-14)20(2)13-6-4-5-12(8-13)10-16/h4-6,8-9,11H,3,7H2,1-2H3,(H,17,18,19). The van der Waals surface area contributed by atoms with Crippen LogP contribution in [0, 0.1) is 11.3 Å². The molecule has 2 rings (SSSR count). The maximum atomic E-state index is 8.95. The smallest absolute Gasteiger partial charge is 0.138 e. The summed E-state index contributed by atoms with van der Waals surface area (Å²) >= 11 is 0. The summed E-state index contributed by atoms with van der Waals surface area (Å²) in [5.41, 5.74) is 1.55. The highest BCUT2D eigenvalue weighted by Gasteiger charge is 2.07. The Morgan fingerprint density at radius 1 is 1.30 bits per heavy atom. The Morgan fingerprint density at radius 2 is 2.15 bits per heavy atom. The fourth-order valence-electron chi connectivity index (χ4n) is 1.80. The van der Waals surface area contributed by atoms with Gasteiger partial charge in [-0.3, -0.25) is 0 Å². The molecule has 0 aliphatic rings. The molecular weight excluding hydrogens is 250 g/mol. The molecule has 1 heterocycles. The van der Waals surface area contributed by atoms with Crippen LogP contribution in [-0.4, -0.2) is 23.6 Å². The quantitative estimate of drug-likeness (QED) is 0.902. The van der Waals surface area contributed by atoms with Crippen molar-refractivity contribution in [2.24, 2.45) is 0 Å². The maximum Gasteiger partial charge on any atom is 0.138 e. The van der Waals surface area contributed by atoms with Gasteiger partial charge in [0, 0.05) is 25.3 Å². The first-order valence-corrected chi connectivity index (χ1v) is 6.54. The highest BCUT2D eigenvalue weighted by molar-refractivity contribution is 5.63. The van der Waals surface area contributed by atoms with Crippen LogP contribution in [0.1, 0.15) is 18.9 Å². The molecule has 0 saturated carbocycles. The van der Waals surface area contributed by atoms with Crippen LogP contribution in [0.5, 0.6) is 0 Å². The normalized spacial score (nSPS) is 9.85. The van der Waals surface area contributed by atoms with Gasteiger partial charge >= 0.3 is 0 Å². The summed E-state index contributed by atoms with van der Waals surface area (Å²) in [6.45, 7) is 2.98. The van der Waals surface area contributed by atoms with E-state index in [1.165, 1.54) is 6.33 Å². The highest BCUT2D eigenvalue weighted by atomic mass is 15.2. The Kier molecular flexibility index (Phi) is 4.51. The molecule has 2 aromatic rings. The second-order valence-electron chi connectivity index (χ2n) is 4.41. The van der Waals surface area contributed by atoms with E-state index in [0.717, 1.165) is 30.3 Å². The van der Waals surface area contributed by atoms with Crippen molar-refractivity contribution in [1.82, 2.24) is 9.97 Å². The van der Waals surface area contributed by atoms with Crippen LogP contribution in [-0.2, 0) is 0 Å². The number of rotatable bonds is 5. The van der Waals surface area contributed by atoms with Gasteiger partial charge in [-0.05, 0) is 24.6 Å². The van der Waals surface area contributed by atoms with E-state index in [4.69, 9.17) is 5.26 Å². The summed E-state index contributed by atoms with van der Waals surface area (Å²) in [6.07, 6.45) is 2.58. The first-order chi connectivity index (χ1) is 9.74. The Balaban J connectivity index is 2.23. The molecule has 0 aliphatic heterocycles. The fourth-order valence-corrected chi connectivity index (χ4v) is 1.80. The minimum absolute atomic E-state index is 0.632. The molecule has 1 aromatic carbocycles. The lowest BCUT2D eigenvalue weighted by Crippen LogP contribution is -2.12. The Hall–Kier alpha value is -2.61. The number of anilines is 3. The van der Waals surface area contributed by atoms with E-state index in [1.54, 1.807) is 6.07 Å². The van der Waals surface area contributed by atoms with Gasteiger partial charge in [0.2, 0.25) is 0 Å². The number of nitrogens with one attached hydrogen (secondary N) is 1. The lowest BCUT2D eigenvalue weighted by Gasteiger charge is -2.18. The molecule has 20 heavy (non-hydrogen) atoms. The Morgan fingerprint density at radius 3 is 2.90 bits per heavy atom. The van der Waals surface area contributed by atoms with Crippen LogP contribution in [0.2, 0.25) is 0 Å². The molecule has 0 bridgehead atoms. The molecule has 0 unspecified atom stereocenters. The van der Waals surface area contributed by atoms with Gasteiger partial charge in [-0.15, -0.1) is 0 Å². The van der Waals surface area contributed by atoms with Crippen molar-refractivity contribution in [1.29, 1.82) is 5.26 Å². The first-order valence-electron chi connectivity index (χ1n) is 6.54. The summed E-state index contributed by atoms with van der Waals surface area (Å²) in [5.74, 6) is 1.59. The number of aromatic nitrogens is 2. The van der Waals surface area contributed by atoms with E-state index in [0.29, 0.717) is 5.56 Å². The molecule has 5 heteroatoms. The average molecular weight is 267 g/mol. The van der Waals surface area contributed by atoms with Crippen LogP contribution < -0.4 is 10.2 Å². The van der Waals surface area contributed by atoms with Gasteiger partial charge in [0.15, 0.2) is 0 Å². The van der Waals surface area contributed by atoms with Crippen molar-refractivity contribution in [3.63, 3.8) is 0 Å². The molecule has 1 aromatic heterocycles. The second kappa shape index (κ2) is 6.53. The van der Waals surface area contributed by atoms with Gasteiger partial charge in [0.05, 0.1) is 11.6 Å². The van der Waals surface area contributed by atoms with Gasteiger partial charge in [-0.2, -0.15) is 5.26 Å². The van der Waals surface area contributed by atoms with E-state index in [2.05, 4.69) is 28.3 Å². The Bertz CT molecular complexity index is 618. The van der Waals surface area contributed by atoms with Crippen LogP contribution >= 0.6 is 0 Å². The third-order valence-corrected chi connectivity index (χ3v) is 2.91. The number of benzene rings is 1. The molecule has 0 spiro atoms. The minimum atomic E-state index is 0.632. The summed E-state index contributed by atoms with van der Waals surface area (Å²) in [6, 6.07) is 11.5. The molecule has 0 fully saturated rings. The molecule has 0 saturated heterocycles. The van der Waals surface area contributed by atoms with E-state index in [9.17, 15) is 0 Å². The van der Waals surface area contributed by atoms with Gasteiger partial charge in [0.25, 0.3) is 0 Å². The number of nitrogens with zero attached hydrogens (tertiary/aromatic N) is 4. The van der Waals surface area contributed by atoms with Gasteiger partial charge in [-0.25, -0.2) is 9.97 Å². The SMILES string of the molecule is CCCNc1cc(N(C)c2cccc(C#N)c2)ncn1. The third-order valence-electron chi connectivity index (χ3n) is 2.91. The lowest BCUT2D eigenvalue weighted by molar-refractivity contribution is 0.962. The van der Waals surface area contributed by atoms with Crippen LogP contribution in [0.3, 0.4) is 0 Å². The first kappa shape index (κ1) is 13.8. The molecule has 0 radical (unpaired) electrons. The molecule has 102 valence electrons. The molecule has 0 atom stereocenters. The lowest BCUT2D eigenvalue weighted by atomic mass is 10.2. The summed E-state index contributed by atoms with van der Waals surface area (Å²) in [7, 11) is 1.92. The van der Waals surface area contributed by atoms with Crippen molar-refractivity contribution in [2.45, 2.75) is 13.3 Å².